The predicted molar refractivity (Wildman–Crippen MR) is 126 cm³/mol. The summed E-state index contributed by atoms with van der Waals surface area (Å²) < 4.78 is 0. The number of hydrogen-bond acceptors (Lipinski definition) is 6. The van der Waals surface area contributed by atoms with Gasteiger partial charge in [-0.25, -0.2) is 9.97 Å². The van der Waals surface area contributed by atoms with Crippen molar-refractivity contribution in [2.24, 2.45) is 0 Å². The molecule has 1 fully saturated rings. The molecule has 0 aliphatic carbocycles. The van der Waals surface area contributed by atoms with Crippen LogP contribution in [0.25, 0.3) is 11.3 Å². The molecule has 1 atom stereocenters. The van der Waals surface area contributed by atoms with E-state index in [1.54, 1.807) is 12.4 Å². The number of nitrogens with zero attached hydrogens (tertiary/aromatic N) is 5. The van der Waals surface area contributed by atoms with Gasteiger partial charge in [-0.2, -0.15) is 0 Å². The molecule has 0 saturated carbocycles. The average molecular weight is 423 g/mol. The van der Waals surface area contributed by atoms with Crippen molar-refractivity contribution in [3.63, 3.8) is 0 Å². The zero-order valence-electron chi connectivity index (χ0n) is 17.9. The fourth-order valence-electron chi connectivity index (χ4n) is 4.21. The van der Waals surface area contributed by atoms with Crippen LogP contribution >= 0.6 is 0 Å². The molecule has 4 heterocycles. The smallest absolute Gasteiger partial charge is 0.135 e. The quantitative estimate of drug-likeness (QED) is 0.469. The van der Waals surface area contributed by atoms with Crippen LogP contribution in [-0.4, -0.2) is 37.9 Å². The molecular weight excluding hydrogens is 396 g/mol. The molecule has 160 valence electrons. The molecule has 5 rings (SSSR count). The van der Waals surface area contributed by atoms with Gasteiger partial charge in [0.05, 0.1) is 5.69 Å². The number of likely N-dealkylation sites (tertiary alicyclic amines) is 1. The lowest BCUT2D eigenvalue weighted by Gasteiger charge is -2.32. The van der Waals surface area contributed by atoms with Gasteiger partial charge in [0.15, 0.2) is 0 Å². The van der Waals surface area contributed by atoms with E-state index in [1.165, 1.54) is 5.56 Å². The number of para-hydroxylation sites is 1. The summed E-state index contributed by atoms with van der Waals surface area (Å²) in [7, 11) is 0. The topological polar surface area (TPSA) is 66.8 Å². The standard InChI is InChI=1S/C26H26N6/c1-2-8-23(9-3-1)29-25-16-24(21-10-13-27-14-11-21)30-26(31-25)22-7-5-15-32(19-22)18-20-6-4-12-28-17-20/h1-4,6,8-14,16-17,22H,5,7,15,18-19H2,(H,29,30,31)/t22-/m0/s1. The third kappa shape index (κ3) is 4.98. The molecule has 0 radical (unpaired) electrons. The Bertz CT molecular complexity index is 1130. The van der Waals surface area contributed by atoms with Crippen molar-refractivity contribution in [1.82, 2.24) is 24.8 Å². The minimum absolute atomic E-state index is 0.290. The van der Waals surface area contributed by atoms with Gasteiger partial charge in [-0.1, -0.05) is 24.3 Å². The maximum absolute atomic E-state index is 4.99. The minimum Gasteiger partial charge on any atom is -0.340 e. The Balaban J connectivity index is 1.43. The van der Waals surface area contributed by atoms with Crippen LogP contribution in [-0.2, 0) is 6.54 Å². The maximum atomic E-state index is 4.99. The first-order valence-electron chi connectivity index (χ1n) is 11.1. The maximum Gasteiger partial charge on any atom is 0.135 e. The monoisotopic (exact) mass is 422 g/mol. The van der Waals surface area contributed by atoms with Gasteiger partial charge in [-0.15, -0.1) is 0 Å². The molecule has 32 heavy (non-hydrogen) atoms. The van der Waals surface area contributed by atoms with Crippen molar-refractivity contribution in [3.05, 3.63) is 96.8 Å². The molecule has 1 aliphatic heterocycles. The van der Waals surface area contributed by atoms with Gasteiger partial charge in [0.2, 0.25) is 0 Å². The number of hydrogen-bond donors (Lipinski definition) is 1. The Morgan fingerprint density at radius 3 is 2.59 bits per heavy atom. The van der Waals surface area contributed by atoms with Crippen molar-refractivity contribution in [1.29, 1.82) is 0 Å². The molecule has 1 N–H and O–H groups in total. The van der Waals surface area contributed by atoms with Crippen molar-refractivity contribution in [2.45, 2.75) is 25.3 Å². The molecule has 3 aromatic heterocycles. The predicted octanol–water partition coefficient (Wildman–Crippen LogP) is 5.06. The lowest BCUT2D eigenvalue weighted by molar-refractivity contribution is 0.196. The van der Waals surface area contributed by atoms with Crippen LogP contribution in [0.4, 0.5) is 11.5 Å². The highest BCUT2D eigenvalue weighted by Gasteiger charge is 2.24. The fraction of sp³-hybridized carbons (Fsp3) is 0.231. The van der Waals surface area contributed by atoms with Gasteiger partial charge in [0, 0.05) is 61.1 Å². The van der Waals surface area contributed by atoms with E-state index in [0.29, 0.717) is 5.92 Å². The van der Waals surface area contributed by atoms with Crippen LogP contribution in [0.1, 0.15) is 30.1 Å². The molecule has 6 nitrogen and oxygen atoms in total. The molecule has 0 spiro atoms. The van der Waals surface area contributed by atoms with Crippen LogP contribution < -0.4 is 5.32 Å². The third-order valence-corrected chi connectivity index (χ3v) is 5.77. The zero-order valence-corrected chi connectivity index (χ0v) is 17.9. The number of rotatable bonds is 6. The molecule has 6 heteroatoms. The lowest BCUT2D eigenvalue weighted by atomic mass is 9.96. The van der Waals surface area contributed by atoms with Crippen molar-refractivity contribution >= 4 is 11.5 Å². The van der Waals surface area contributed by atoms with Gasteiger partial charge in [-0.05, 0) is 55.3 Å². The second-order valence-corrected chi connectivity index (χ2v) is 8.16. The summed E-state index contributed by atoms with van der Waals surface area (Å²) >= 11 is 0. The summed E-state index contributed by atoms with van der Waals surface area (Å²) in [5, 5.41) is 3.46. The average Bonchev–Trinajstić information content (AvgIpc) is 2.86. The van der Waals surface area contributed by atoms with Crippen molar-refractivity contribution < 1.29 is 0 Å². The van der Waals surface area contributed by atoms with Crippen LogP contribution in [0.2, 0.25) is 0 Å². The molecule has 1 saturated heterocycles. The normalized spacial score (nSPS) is 16.6. The Kier molecular flexibility index (Phi) is 6.12. The van der Waals surface area contributed by atoms with Crippen LogP contribution in [0.5, 0.6) is 0 Å². The first-order valence-corrected chi connectivity index (χ1v) is 11.1. The molecule has 4 aromatic rings. The van der Waals surface area contributed by atoms with Gasteiger partial charge in [0.1, 0.15) is 11.6 Å². The number of pyridine rings is 2. The van der Waals surface area contributed by atoms with E-state index in [9.17, 15) is 0 Å². The fourth-order valence-corrected chi connectivity index (χ4v) is 4.21. The lowest BCUT2D eigenvalue weighted by Crippen LogP contribution is -2.34. The van der Waals surface area contributed by atoms with E-state index in [0.717, 1.165) is 61.1 Å². The Morgan fingerprint density at radius 2 is 1.78 bits per heavy atom. The van der Waals surface area contributed by atoms with Gasteiger partial charge >= 0.3 is 0 Å². The summed E-state index contributed by atoms with van der Waals surface area (Å²) in [5.74, 6) is 2.00. The van der Waals surface area contributed by atoms with Gasteiger partial charge in [-0.3, -0.25) is 14.9 Å². The molecular formula is C26H26N6. The Labute approximate surface area is 188 Å². The number of nitrogens with one attached hydrogen (secondary N) is 1. The summed E-state index contributed by atoms with van der Waals surface area (Å²) in [4.78, 5) is 20.8. The highest BCUT2D eigenvalue weighted by Crippen LogP contribution is 2.29. The van der Waals surface area contributed by atoms with E-state index in [2.05, 4.69) is 26.3 Å². The van der Waals surface area contributed by atoms with Crippen LogP contribution in [0, 0.1) is 0 Å². The minimum atomic E-state index is 0.290. The number of benzene rings is 1. The molecule has 0 amide bonds. The highest BCUT2D eigenvalue weighted by atomic mass is 15.1. The summed E-state index contributed by atoms with van der Waals surface area (Å²) in [6.07, 6.45) is 9.60. The Morgan fingerprint density at radius 1 is 0.906 bits per heavy atom. The van der Waals surface area contributed by atoms with Gasteiger partial charge in [0.25, 0.3) is 0 Å². The summed E-state index contributed by atoms with van der Waals surface area (Å²) in [6.45, 7) is 2.94. The van der Waals surface area contributed by atoms with E-state index < -0.39 is 0 Å². The number of anilines is 2. The molecule has 0 unspecified atom stereocenters. The zero-order chi connectivity index (χ0) is 21.6. The third-order valence-electron chi connectivity index (χ3n) is 5.77. The number of aromatic nitrogens is 4. The molecule has 1 aromatic carbocycles. The molecule has 0 bridgehead atoms. The van der Waals surface area contributed by atoms with Crippen LogP contribution in [0.15, 0.2) is 85.5 Å². The van der Waals surface area contributed by atoms with Crippen molar-refractivity contribution in [2.75, 3.05) is 18.4 Å². The second kappa shape index (κ2) is 9.66. The van der Waals surface area contributed by atoms with Crippen molar-refractivity contribution in [3.8, 4) is 11.3 Å². The first-order chi connectivity index (χ1) is 15.8. The van der Waals surface area contributed by atoms with Crippen LogP contribution in [0.3, 0.4) is 0 Å². The van der Waals surface area contributed by atoms with E-state index in [4.69, 9.17) is 9.97 Å². The summed E-state index contributed by atoms with van der Waals surface area (Å²) in [5.41, 5.74) is 4.22. The number of piperidine rings is 1. The second-order valence-electron chi connectivity index (χ2n) is 8.16. The Hall–Kier alpha value is -3.64. The van der Waals surface area contributed by atoms with E-state index in [-0.39, 0.29) is 0 Å². The molecule has 1 aliphatic rings. The van der Waals surface area contributed by atoms with Gasteiger partial charge < -0.3 is 5.32 Å². The van der Waals surface area contributed by atoms with E-state index in [1.807, 2.05) is 67.0 Å². The SMILES string of the molecule is c1ccc(Nc2cc(-c3ccncc3)nc([C@H]3CCCN(Cc4cccnc4)C3)n2)cc1. The highest BCUT2D eigenvalue weighted by molar-refractivity contribution is 5.65. The first kappa shape index (κ1) is 20.3. The van der Waals surface area contributed by atoms with E-state index >= 15 is 0 Å². The largest absolute Gasteiger partial charge is 0.340 e. The summed E-state index contributed by atoms with van der Waals surface area (Å²) in [6, 6.07) is 20.3.